The maximum atomic E-state index is 11.6. The van der Waals surface area contributed by atoms with Crippen LogP contribution in [0.2, 0.25) is 0 Å². The second kappa shape index (κ2) is 5.11. The topological polar surface area (TPSA) is 17.1 Å². The van der Waals surface area contributed by atoms with E-state index in [1.54, 1.807) is 0 Å². The lowest BCUT2D eigenvalue weighted by Gasteiger charge is -2.17. The Bertz CT molecular complexity index is 309. The number of ketones is 1. The van der Waals surface area contributed by atoms with Crippen molar-refractivity contribution < 1.29 is 4.79 Å². The molecule has 2 aliphatic rings. The lowest BCUT2D eigenvalue weighted by atomic mass is 9.86. The minimum absolute atomic E-state index is 0.207. The average Bonchev–Trinajstić information content (AvgIpc) is 2.29. The van der Waals surface area contributed by atoms with Crippen molar-refractivity contribution >= 4 is 5.78 Å². The molecule has 15 heavy (non-hydrogen) atoms. The highest BCUT2D eigenvalue weighted by atomic mass is 16.1. The Morgan fingerprint density at radius 1 is 1.20 bits per heavy atom. The molecule has 0 bridgehead atoms. The molecule has 1 heteroatoms. The fourth-order valence-corrected chi connectivity index (χ4v) is 2.23. The molecule has 0 aliphatic heterocycles. The van der Waals surface area contributed by atoms with E-state index in [4.69, 9.17) is 0 Å². The molecule has 0 N–H and O–H groups in total. The number of carbonyl (C=O) groups is 1. The van der Waals surface area contributed by atoms with Gasteiger partial charge in [0.1, 0.15) is 5.78 Å². The van der Waals surface area contributed by atoms with Crippen molar-refractivity contribution in [2.24, 2.45) is 11.8 Å². The van der Waals surface area contributed by atoms with Crippen molar-refractivity contribution in [2.45, 2.75) is 32.1 Å². The normalized spacial score (nSPS) is 31.3. The van der Waals surface area contributed by atoms with E-state index in [-0.39, 0.29) is 5.92 Å². The van der Waals surface area contributed by atoms with E-state index >= 15 is 0 Å². The Kier molecular flexibility index (Phi) is 3.54. The molecule has 80 valence electrons. The van der Waals surface area contributed by atoms with Crippen molar-refractivity contribution in [3.05, 3.63) is 36.5 Å². The van der Waals surface area contributed by atoms with Gasteiger partial charge < -0.3 is 0 Å². The molecule has 1 nitrogen and oxygen atoms in total. The molecule has 1 saturated carbocycles. The molecule has 0 aromatic carbocycles. The molecular weight excluding hydrogens is 184 g/mol. The number of allylic oxidation sites excluding steroid dienone is 6. The molecule has 0 spiro atoms. The van der Waals surface area contributed by atoms with Crippen LogP contribution < -0.4 is 0 Å². The molecule has 2 aliphatic carbocycles. The van der Waals surface area contributed by atoms with Gasteiger partial charge in [-0.05, 0) is 25.2 Å². The second-order valence-corrected chi connectivity index (χ2v) is 4.42. The zero-order valence-electron chi connectivity index (χ0n) is 9.06. The lowest BCUT2D eigenvalue weighted by Crippen LogP contribution is -2.16. The summed E-state index contributed by atoms with van der Waals surface area (Å²) in [6, 6.07) is 0. The first-order valence-corrected chi connectivity index (χ1v) is 5.90. The Morgan fingerprint density at radius 3 is 2.87 bits per heavy atom. The fourth-order valence-electron chi connectivity index (χ4n) is 2.23. The second-order valence-electron chi connectivity index (χ2n) is 4.42. The third-order valence-corrected chi connectivity index (χ3v) is 3.21. The van der Waals surface area contributed by atoms with E-state index in [0.29, 0.717) is 11.7 Å². The zero-order chi connectivity index (χ0) is 10.5. The molecule has 2 atom stereocenters. The summed E-state index contributed by atoms with van der Waals surface area (Å²) in [4.78, 5) is 11.6. The number of Topliss-reactive ketones (excluding diaryl/α,β-unsaturated/α-hetero) is 1. The largest absolute Gasteiger partial charge is 0.299 e. The molecule has 2 rings (SSSR count). The summed E-state index contributed by atoms with van der Waals surface area (Å²) in [5.74, 6) is 1.15. The van der Waals surface area contributed by atoms with Crippen LogP contribution in [0.4, 0.5) is 0 Å². The molecular formula is C14H18O. The van der Waals surface area contributed by atoms with E-state index in [1.807, 2.05) is 0 Å². The van der Waals surface area contributed by atoms with Crippen LogP contribution in [0.1, 0.15) is 32.1 Å². The van der Waals surface area contributed by atoms with Crippen molar-refractivity contribution in [3.63, 3.8) is 0 Å². The SMILES string of the molecule is O=C1CCCCC1C=CC1C=CC=CC1. The summed E-state index contributed by atoms with van der Waals surface area (Å²) >= 11 is 0. The third-order valence-electron chi connectivity index (χ3n) is 3.21. The first-order chi connectivity index (χ1) is 7.36. The van der Waals surface area contributed by atoms with Crippen LogP contribution in [0.25, 0.3) is 0 Å². The maximum absolute atomic E-state index is 11.6. The Morgan fingerprint density at radius 2 is 2.13 bits per heavy atom. The molecule has 0 aromatic rings. The number of carbonyl (C=O) groups excluding carboxylic acids is 1. The van der Waals surface area contributed by atoms with Gasteiger partial charge in [0, 0.05) is 12.3 Å². The van der Waals surface area contributed by atoms with Crippen molar-refractivity contribution in [1.29, 1.82) is 0 Å². The van der Waals surface area contributed by atoms with Crippen LogP contribution in [0.15, 0.2) is 36.5 Å². The van der Waals surface area contributed by atoms with Gasteiger partial charge in [0.05, 0.1) is 0 Å². The number of hydrogen-bond acceptors (Lipinski definition) is 1. The van der Waals surface area contributed by atoms with Gasteiger partial charge in [-0.1, -0.05) is 42.9 Å². The van der Waals surface area contributed by atoms with Gasteiger partial charge >= 0.3 is 0 Å². The van der Waals surface area contributed by atoms with Crippen LogP contribution in [0.5, 0.6) is 0 Å². The van der Waals surface area contributed by atoms with Gasteiger partial charge in [-0.15, -0.1) is 0 Å². The zero-order valence-corrected chi connectivity index (χ0v) is 9.06. The Balaban J connectivity index is 1.89. The first kappa shape index (κ1) is 10.4. The van der Waals surface area contributed by atoms with E-state index in [2.05, 4.69) is 36.5 Å². The summed E-state index contributed by atoms with van der Waals surface area (Å²) in [5, 5.41) is 0. The van der Waals surface area contributed by atoms with Crippen LogP contribution in [-0.2, 0) is 4.79 Å². The third kappa shape index (κ3) is 2.92. The predicted octanol–water partition coefficient (Wildman–Crippen LogP) is 3.43. The van der Waals surface area contributed by atoms with Crippen LogP contribution >= 0.6 is 0 Å². The van der Waals surface area contributed by atoms with Crippen molar-refractivity contribution in [3.8, 4) is 0 Å². The highest BCUT2D eigenvalue weighted by molar-refractivity contribution is 5.83. The summed E-state index contributed by atoms with van der Waals surface area (Å²) in [5.41, 5.74) is 0. The van der Waals surface area contributed by atoms with E-state index in [9.17, 15) is 4.79 Å². The van der Waals surface area contributed by atoms with Gasteiger partial charge in [0.2, 0.25) is 0 Å². The van der Waals surface area contributed by atoms with Gasteiger partial charge in [0.25, 0.3) is 0 Å². The smallest absolute Gasteiger partial charge is 0.139 e. The molecule has 0 saturated heterocycles. The Labute approximate surface area is 91.6 Å². The summed E-state index contributed by atoms with van der Waals surface area (Å²) in [6.45, 7) is 0. The minimum Gasteiger partial charge on any atom is -0.299 e. The quantitative estimate of drug-likeness (QED) is 0.627. The molecule has 0 amide bonds. The van der Waals surface area contributed by atoms with Gasteiger partial charge in [-0.3, -0.25) is 4.79 Å². The molecule has 0 aromatic heterocycles. The first-order valence-electron chi connectivity index (χ1n) is 5.90. The molecule has 0 heterocycles. The monoisotopic (exact) mass is 202 g/mol. The van der Waals surface area contributed by atoms with Gasteiger partial charge in [0.15, 0.2) is 0 Å². The Hall–Kier alpha value is -1.11. The highest BCUT2D eigenvalue weighted by Gasteiger charge is 2.19. The van der Waals surface area contributed by atoms with Gasteiger partial charge in [-0.25, -0.2) is 0 Å². The number of hydrogen-bond donors (Lipinski definition) is 0. The molecule has 2 unspecified atom stereocenters. The number of rotatable bonds is 2. The van der Waals surface area contributed by atoms with Crippen molar-refractivity contribution in [1.82, 2.24) is 0 Å². The summed E-state index contributed by atoms with van der Waals surface area (Å²) < 4.78 is 0. The van der Waals surface area contributed by atoms with E-state index in [0.717, 1.165) is 25.7 Å². The maximum Gasteiger partial charge on any atom is 0.139 e. The van der Waals surface area contributed by atoms with Crippen LogP contribution in [-0.4, -0.2) is 5.78 Å². The van der Waals surface area contributed by atoms with Gasteiger partial charge in [-0.2, -0.15) is 0 Å². The summed E-state index contributed by atoms with van der Waals surface area (Å²) in [7, 11) is 0. The lowest BCUT2D eigenvalue weighted by molar-refractivity contribution is -0.122. The molecule has 0 radical (unpaired) electrons. The minimum atomic E-state index is 0.207. The van der Waals surface area contributed by atoms with Crippen LogP contribution in [0.3, 0.4) is 0 Å². The van der Waals surface area contributed by atoms with Crippen molar-refractivity contribution in [2.75, 3.05) is 0 Å². The standard InChI is InChI=1S/C14H18O/c15-14-9-5-4-8-13(14)11-10-12-6-2-1-3-7-12/h1-3,6,10-13H,4-5,7-9H2. The summed E-state index contributed by atoms with van der Waals surface area (Å²) in [6.07, 6.45) is 18.1. The fraction of sp³-hybridized carbons (Fsp3) is 0.500. The van der Waals surface area contributed by atoms with Crippen LogP contribution in [0, 0.1) is 11.8 Å². The predicted molar refractivity (Wildman–Crippen MR) is 62.5 cm³/mol. The van der Waals surface area contributed by atoms with E-state index in [1.165, 1.54) is 6.42 Å². The average molecular weight is 202 g/mol. The van der Waals surface area contributed by atoms with E-state index < -0.39 is 0 Å². The molecule has 1 fully saturated rings. The highest BCUT2D eigenvalue weighted by Crippen LogP contribution is 2.23.